The van der Waals surface area contributed by atoms with E-state index in [0.29, 0.717) is 6.61 Å². The highest BCUT2D eigenvalue weighted by Crippen LogP contribution is 2.13. The molecule has 0 aliphatic carbocycles. The van der Waals surface area contributed by atoms with Crippen molar-refractivity contribution in [3.05, 3.63) is 42.5 Å². The summed E-state index contributed by atoms with van der Waals surface area (Å²) in [7, 11) is 0. The quantitative estimate of drug-likeness (QED) is 0.744. The summed E-state index contributed by atoms with van der Waals surface area (Å²) in [5, 5.41) is 4.09. The standard InChI is InChI=1S/C10H12N4O/c11-15-6-5-9-3-1-2-4-10(9)14-8-12-7-13-14/h1-4,7-8H,5-6,11H2. The molecule has 78 valence electrons. The lowest BCUT2D eigenvalue weighted by molar-refractivity contribution is 0.141. The normalized spacial score (nSPS) is 10.5. The van der Waals surface area contributed by atoms with Gasteiger partial charge >= 0.3 is 0 Å². The van der Waals surface area contributed by atoms with Crippen molar-refractivity contribution in [2.45, 2.75) is 6.42 Å². The van der Waals surface area contributed by atoms with Crippen molar-refractivity contribution >= 4 is 0 Å². The van der Waals surface area contributed by atoms with Crippen LogP contribution in [-0.2, 0) is 11.3 Å². The van der Waals surface area contributed by atoms with Gasteiger partial charge in [-0.15, -0.1) is 0 Å². The minimum atomic E-state index is 0.492. The largest absolute Gasteiger partial charge is 0.304 e. The Balaban J connectivity index is 2.30. The average Bonchev–Trinajstić information content (AvgIpc) is 2.80. The van der Waals surface area contributed by atoms with Gasteiger partial charge in [0.2, 0.25) is 0 Å². The van der Waals surface area contributed by atoms with Crippen molar-refractivity contribution in [2.75, 3.05) is 6.61 Å². The minimum Gasteiger partial charge on any atom is -0.304 e. The van der Waals surface area contributed by atoms with Gasteiger partial charge < -0.3 is 4.84 Å². The van der Waals surface area contributed by atoms with Gasteiger partial charge in [-0.25, -0.2) is 15.6 Å². The molecule has 1 aromatic heterocycles. The summed E-state index contributed by atoms with van der Waals surface area (Å²) in [6.45, 7) is 0.492. The number of nitrogens with zero attached hydrogens (tertiary/aromatic N) is 3. The van der Waals surface area contributed by atoms with Gasteiger partial charge in [-0.3, -0.25) is 0 Å². The van der Waals surface area contributed by atoms with Crippen LogP contribution in [0.25, 0.3) is 5.69 Å². The highest BCUT2D eigenvalue weighted by atomic mass is 16.6. The van der Waals surface area contributed by atoms with Gasteiger partial charge in [-0.2, -0.15) is 5.10 Å². The van der Waals surface area contributed by atoms with Crippen molar-refractivity contribution in [2.24, 2.45) is 5.90 Å². The highest BCUT2D eigenvalue weighted by Gasteiger charge is 2.03. The van der Waals surface area contributed by atoms with Gasteiger partial charge in [-0.1, -0.05) is 18.2 Å². The van der Waals surface area contributed by atoms with Crippen molar-refractivity contribution in [1.82, 2.24) is 14.8 Å². The Kier molecular flexibility index (Phi) is 3.06. The third-order valence-electron chi connectivity index (χ3n) is 2.15. The molecule has 2 rings (SSSR count). The fraction of sp³-hybridized carbons (Fsp3) is 0.200. The minimum absolute atomic E-state index is 0.492. The summed E-state index contributed by atoms with van der Waals surface area (Å²) < 4.78 is 1.73. The van der Waals surface area contributed by atoms with Crippen LogP contribution in [0.15, 0.2) is 36.9 Å². The summed E-state index contributed by atoms with van der Waals surface area (Å²) in [5.41, 5.74) is 2.14. The Morgan fingerprint density at radius 3 is 2.93 bits per heavy atom. The van der Waals surface area contributed by atoms with E-state index < -0.39 is 0 Å². The molecule has 0 aliphatic rings. The first-order valence-electron chi connectivity index (χ1n) is 4.66. The number of hydrogen-bond donors (Lipinski definition) is 1. The lowest BCUT2D eigenvalue weighted by Gasteiger charge is -2.07. The molecule has 0 atom stereocenters. The molecule has 5 nitrogen and oxygen atoms in total. The SMILES string of the molecule is NOCCc1ccccc1-n1cncn1. The zero-order valence-corrected chi connectivity index (χ0v) is 8.21. The van der Waals surface area contributed by atoms with Gasteiger partial charge in [0.15, 0.2) is 0 Å². The molecule has 1 heterocycles. The molecule has 0 unspecified atom stereocenters. The zero-order chi connectivity index (χ0) is 10.5. The Morgan fingerprint density at radius 2 is 2.20 bits per heavy atom. The fourth-order valence-corrected chi connectivity index (χ4v) is 1.45. The van der Waals surface area contributed by atoms with Crippen LogP contribution in [0.1, 0.15) is 5.56 Å². The molecule has 15 heavy (non-hydrogen) atoms. The van der Waals surface area contributed by atoms with Gasteiger partial charge in [-0.05, 0) is 18.1 Å². The topological polar surface area (TPSA) is 66.0 Å². The van der Waals surface area contributed by atoms with Crippen LogP contribution in [0, 0.1) is 0 Å². The lowest BCUT2D eigenvalue weighted by atomic mass is 10.1. The molecular formula is C10H12N4O. The molecule has 5 heteroatoms. The first kappa shape index (κ1) is 9.82. The number of hydrogen-bond acceptors (Lipinski definition) is 4. The summed E-state index contributed by atoms with van der Waals surface area (Å²) >= 11 is 0. The van der Waals surface area contributed by atoms with Crippen molar-refractivity contribution in [3.63, 3.8) is 0 Å². The molecule has 2 aromatic rings. The number of para-hydroxylation sites is 1. The first-order valence-corrected chi connectivity index (χ1v) is 4.66. The second-order valence-electron chi connectivity index (χ2n) is 3.09. The van der Waals surface area contributed by atoms with Crippen LogP contribution in [0.3, 0.4) is 0 Å². The number of aromatic nitrogens is 3. The molecule has 0 bridgehead atoms. The summed E-state index contributed by atoms with van der Waals surface area (Å²) in [6, 6.07) is 7.95. The van der Waals surface area contributed by atoms with Crippen LogP contribution >= 0.6 is 0 Å². The Bertz CT molecular complexity index is 413. The van der Waals surface area contributed by atoms with E-state index in [9.17, 15) is 0 Å². The monoisotopic (exact) mass is 204 g/mol. The molecule has 0 saturated heterocycles. The number of nitrogens with two attached hydrogens (primary N) is 1. The molecule has 0 aliphatic heterocycles. The van der Waals surface area contributed by atoms with Crippen molar-refractivity contribution in [3.8, 4) is 5.69 Å². The second kappa shape index (κ2) is 4.68. The van der Waals surface area contributed by atoms with Gasteiger partial charge in [0, 0.05) is 0 Å². The van der Waals surface area contributed by atoms with Crippen LogP contribution in [0.2, 0.25) is 0 Å². The predicted molar refractivity (Wildman–Crippen MR) is 55.2 cm³/mol. The fourth-order valence-electron chi connectivity index (χ4n) is 1.45. The van der Waals surface area contributed by atoms with Crippen LogP contribution in [0.5, 0.6) is 0 Å². The molecule has 0 saturated carbocycles. The maximum absolute atomic E-state index is 5.01. The van der Waals surface area contributed by atoms with E-state index in [4.69, 9.17) is 5.90 Å². The van der Waals surface area contributed by atoms with E-state index in [1.807, 2.05) is 24.3 Å². The Labute approximate surface area is 87.5 Å². The maximum Gasteiger partial charge on any atom is 0.138 e. The van der Waals surface area contributed by atoms with E-state index in [1.165, 1.54) is 6.33 Å². The maximum atomic E-state index is 5.01. The molecule has 0 radical (unpaired) electrons. The van der Waals surface area contributed by atoms with Crippen molar-refractivity contribution in [1.29, 1.82) is 0 Å². The summed E-state index contributed by atoms with van der Waals surface area (Å²) in [6.07, 6.45) is 3.94. The Morgan fingerprint density at radius 1 is 1.33 bits per heavy atom. The molecule has 0 amide bonds. The number of benzene rings is 1. The van der Waals surface area contributed by atoms with E-state index in [0.717, 1.165) is 17.7 Å². The Hall–Kier alpha value is -1.72. The predicted octanol–water partition coefficient (Wildman–Crippen LogP) is 0.700. The summed E-state index contributed by atoms with van der Waals surface area (Å²) in [4.78, 5) is 8.49. The van der Waals surface area contributed by atoms with E-state index >= 15 is 0 Å². The summed E-state index contributed by atoms with van der Waals surface area (Å²) in [5.74, 6) is 5.01. The zero-order valence-electron chi connectivity index (χ0n) is 8.21. The van der Waals surface area contributed by atoms with Gasteiger partial charge in [0.1, 0.15) is 12.7 Å². The molecule has 0 spiro atoms. The van der Waals surface area contributed by atoms with E-state index in [2.05, 4.69) is 14.9 Å². The molecular weight excluding hydrogens is 192 g/mol. The lowest BCUT2D eigenvalue weighted by Crippen LogP contribution is -2.07. The van der Waals surface area contributed by atoms with Crippen LogP contribution in [-0.4, -0.2) is 21.4 Å². The smallest absolute Gasteiger partial charge is 0.138 e. The van der Waals surface area contributed by atoms with Gasteiger partial charge in [0.05, 0.1) is 12.3 Å². The third-order valence-corrected chi connectivity index (χ3v) is 2.15. The van der Waals surface area contributed by atoms with Gasteiger partial charge in [0.25, 0.3) is 0 Å². The van der Waals surface area contributed by atoms with Crippen molar-refractivity contribution < 1.29 is 4.84 Å². The number of rotatable bonds is 4. The van der Waals surface area contributed by atoms with E-state index in [-0.39, 0.29) is 0 Å². The van der Waals surface area contributed by atoms with Crippen LogP contribution in [0.4, 0.5) is 0 Å². The third kappa shape index (κ3) is 2.20. The average molecular weight is 204 g/mol. The molecule has 2 N–H and O–H groups in total. The first-order chi connectivity index (χ1) is 7.42. The van der Waals surface area contributed by atoms with Crippen LogP contribution < -0.4 is 5.90 Å². The van der Waals surface area contributed by atoms with E-state index in [1.54, 1.807) is 11.0 Å². The highest BCUT2D eigenvalue weighted by molar-refractivity contribution is 5.39. The second-order valence-corrected chi connectivity index (χ2v) is 3.09. The molecule has 0 fully saturated rings. The molecule has 1 aromatic carbocycles.